The van der Waals surface area contributed by atoms with Gasteiger partial charge < -0.3 is 0 Å². The van der Waals surface area contributed by atoms with Gasteiger partial charge in [-0.25, -0.2) is 4.98 Å². The molecule has 0 bridgehead atoms. The van der Waals surface area contributed by atoms with Gasteiger partial charge in [-0.2, -0.15) is 13.2 Å². The fourth-order valence-corrected chi connectivity index (χ4v) is 2.28. The molecule has 26 heavy (non-hydrogen) atoms. The maximum atomic E-state index is 12.7. The third-order valence-electron chi connectivity index (χ3n) is 3.57. The number of hydrogen-bond donors (Lipinski definition) is 2. The number of nitrogens with zero attached hydrogens (tertiary/aromatic N) is 1. The van der Waals surface area contributed by atoms with Crippen molar-refractivity contribution in [2.24, 2.45) is 0 Å². The first kappa shape index (κ1) is 17.4. The lowest BCUT2D eigenvalue weighted by molar-refractivity contribution is -0.137. The second kappa shape index (κ2) is 6.83. The molecule has 0 saturated heterocycles. The van der Waals surface area contributed by atoms with Crippen LogP contribution in [0.15, 0.2) is 60.7 Å². The number of benzene rings is 2. The maximum Gasteiger partial charge on any atom is 0.416 e. The van der Waals surface area contributed by atoms with Crippen LogP contribution in [0, 0.1) is 0 Å². The van der Waals surface area contributed by atoms with Gasteiger partial charge in [0.25, 0.3) is 11.8 Å². The van der Waals surface area contributed by atoms with E-state index in [1.54, 1.807) is 18.2 Å². The van der Waals surface area contributed by atoms with Crippen molar-refractivity contribution in [2.45, 2.75) is 6.18 Å². The number of carbonyl (C=O) groups excluding carboxylic acids is 2. The monoisotopic (exact) mass is 359 g/mol. The van der Waals surface area contributed by atoms with Gasteiger partial charge >= 0.3 is 6.18 Å². The minimum absolute atomic E-state index is 0.0630. The second-order valence-corrected chi connectivity index (χ2v) is 5.38. The van der Waals surface area contributed by atoms with Crippen molar-refractivity contribution in [3.63, 3.8) is 0 Å². The Morgan fingerprint density at radius 2 is 1.58 bits per heavy atom. The van der Waals surface area contributed by atoms with Gasteiger partial charge in [0, 0.05) is 10.9 Å². The van der Waals surface area contributed by atoms with Gasteiger partial charge in [-0.05, 0) is 30.3 Å². The molecule has 2 N–H and O–H groups in total. The zero-order valence-electron chi connectivity index (χ0n) is 13.2. The van der Waals surface area contributed by atoms with Gasteiger partial charge in [0.05, 0.1) is 11.1 Å². The highest BCUT2D eigenvalue weighted by Gasteiger charge is 2.30. The van der Waals surface area contributed by atoms with E-state index in [-0.39, 0.29) is 11.3 Å². The molecule has 0 radical (unpaired) electrons. The van der Waals surface area contributed by atoms with Crippen molar-refractivity contribution in [2.75, 3.05) is 0 Å². The predicted octanol–water partition coefficient (Wildman–Crippen LogP) is 3.33. The molecule has 0 aliphatic carbocycles. The van der Waals surface area contributed by atoms with E-state index in [1.165, 1.54) is 12.1 Å². The fraction of sp³-hybridized carbons (Fsp3) is 0.0556. The van der Waals surface area contributed by atoms with Crippen molar-refractivity contribution in [1.82, 2.24) is 15.8 Å². The van der Waals surface area contributed by atoms with Gasteiger partial charge in [-0.3, -0.25) is 20.4 Å². The number of fused-ring (bicyclic) bond motifs is 1. The number of alkyl halides is 3. The highest BCUT2D eigenvalue weighted by Crippen LogP contribution is 2.29. The van der Waals surface area contributed by atoms with Gasteiger partial charge in [-0.15, -0.1) is 0 Å². The summed E-state index contributed by atoms with van der Waals surface area (Å²) in [5.74, 6) is -1.55. The highest BCUT2D eigenvalue weighted by atomic mass is 19.4. The highest BCUT2D eigenvalue weighted by molar-refractivity contribution is 5.99. The van der Waals surface area contributed by atoms with Crippen LogP contribution in [0.25, 0.3) is 10.9 Å². The number of aromatic nitrogens is 1. The third kappa shape index (κ3) is 3.80. The first-order valence-corrected chi connectivity index (χ1v) is 7.48. The summed E-state index contributed by atoms with van der Waals surface area (Å²) < 4.78 is 38.1. The minimum atomic E-state index is -4.56. The molecule has 3 aromatic rings. The number of nitrogens with one attached hydrogen (secondary N) is 2. The zero-order valence-corrected chi connectivity index (χ0v) is 13.2. The average molecular weight is 359 g/mol. The van der Waals surface area contributed by atoms with Crippen molar-refractivity contribution >= 4 is 22.7 Å². The number of hydrazine groups is 1. The Labute approximate surface area is 145 Å². The SMILES string of the molecule is O=C(NNC(=O)c1ccc2ccccc2n1)c1cccc(C(F)(F)F)c1. The molecule has 132 valence electrons. The predicted molar refractivity (Wildman–Crippen MR) is 88.1 cm³/mol. The van der Waals surface area contributed by atoms with Crippen LogP contribution >= 0.6 is 0 Å². The van der Waals surface area contributed by atoms with Crippen LogP contribution in [0.2, 0.25) is 0 Å². The van der Waals surface area contributed by atoms with Crippen LogP contribution in [-0.2, 0) is 6.18 Å². The van der Waals surface area contributed by atoms with E-state index >= 15 is 0 Å². The van der Waals surface area contributed by atoms with Crippen LogP contribution in [0.5, 0.6) is 0 Å². The summed E-state index contributed by atoms with van der Waals surface area (Å²) >= 11 is 0. The number of pyridine rings is 1. The Morgan fingerprint density at radius 3 is 2.35 bits per heavy atom. The van der Waals surface area contributed by atoms with Gasteiger partial charge in [0.15, 0.2) is 0 Å². The summed E-state index contributed by atoms with van der Waals surface area (Å²) in [5, 5.41) is 0.844. The Hall–Kier alpha value is -3.42. The second-order valence-electron chi connectivity index (χ2n) is 5.38. The topological polar surface area (TPSA) is 71.1 Å². The minimum Gasteiger partial charge on any atom is -0.267 e. The smallest absolute Gasteiger partial charge is 0.267 e. The first-order valence-electron chi connectivity index (χ1n) is 7.48. The normalized spacial score (nSPS) is 11.2. The zero-order chi connectivity index (χ0) is 18.7. The lowest BCUT2D eigenvalue weighted by atomic mass is 10.1. The lowest BCUT2D eigenvalue weighted by Gasteiger charge is -2.10. The number of carbonyl (C=O) groups is 2. The van der Waals surface area contributed by atoms with Crippen molar-refractivity contribution in [3.05, 3.63) is 77.5 Å². The molecule has 3 rings (SSSR count). The summed E-state index contributed by atoms with van der Waals surface area (Å²) in [6.07, 6.45) is -4.56. The molecule has 8 heteroatoms. The van der Waals surface area contributed by atoms with Gasteiger partial charge in [0.1, 0.15) is 5.69 Å². The molecule has 2 aromatic carbocycles. The average Bonchev–Trinajstić information content (AvgIpc) is 2.64. The summed E-state index contributed by atoms with van der Waals surface area (Å²) in [7, 11) is 0. The Kier molecular flexibility index (Phi) is 4.57. The van der Waals surface area contributed by atoms with E-state index < -0.39 is 23.6 Å². The molecule has 1 aromatic heterocycles. The standard InChI is InChI=1S/C18H12F3N3O2/c19-18(20,21)13-6-3-5-12(10-13)16(25)23-24-17(26)15-9-8-11-4-1-2-7-14(11)22-15/h1-10H,(H,23,25)(H,24,26). The number of rotatable bonds is 2. The van der Waals surface area contributed by atoms with Gasteiger partial charge in [-0.1, -0.05) is 30.3 Å². The molecular formula is C18H12F3N3O2. The van der Waals surface area contributed by atoms with Gasteiger partial charge in [0.2, 0.25) is 0 Å². The van der Waals surface area contributed by atoms with Crippen LogP contribution in [0.4, 0.5) is 13.2 Å². The summed E-state index contributed by atoms with van der Waals surface area (Å²) in [4.78, 5) is 28.2. The first-order chi connectivity index (χ1) is 12.3. The molecule has 0 atom stereocenters. The Balaban J connectivity index is 1.69. The van der Waals surface area contributed by atoms with E-state index in [1.807, 2.05) is 12.1 Å². The van der Waals surface area contributed by atoms with E-state index in [9.17, 15) is 22.8 Å². The van der Waals surface area contributed by atoms with Crippen molar-refractivity contribution in [3.8, 4) is 0 Å². The molecular weight excluding hydrogens is 347 g/mol. The summed E-state index contributed by atoms with van der Waals surface area (Å²) in [5.41, 5.74) is 3.70. The van der Waals surface area contributed by atoms with Crippen LogP contribution in [0.1, 0.15) is 26.4 Å². The van der Waals surface area contributed by atoms with Crippen molar-refractivity contribution in [1.29, 1.82) is 0 Å². The third-order valence-corrected chi connectivity index (χ3v) is 3.57. The molecule has 5 nitrogen and oxygen atoms in total. The molecule has 1 heterocycles. The van der Waals surface area contributed by atoms with E-state index in [0.29, 0.717) is 11.6 Å². The quantitative estimate of drug-likeness (QED) is 0.690. The largest absolute Gasteiger partial charge is 0.416 e. The van der Waals surface area contributed by atoms with E-state index in [2.05, 4.69) is 15.8 Å². The summed E-state index contributed by atoms with van der Waals surface area (Å²) in [6, 6.07) is 14.2. The fourth-order valence-electron chi connectivity index (χ4n) is 2.28. The molecule has 0 saturated carbocycles. The molecule has 2 amide bonds. The molecule has 0 fully saturated rings. The Morgan fingerprint density at radius 1 is 0.846 bits per heavy atom. The lowest BCUT2D eigenvalue weighted by Crippen LogP contribution is -2.42. The van der Waals surface area contributed by atoms with E-state index in [4.69, 9.17) is 0 Å². The molecule has 0 unspecified atom stereocenters. The molecule has 0 spiro atoms. The van der Waals surface area contributed by atoms with Crippen LogP contribution in [0.3, 0.4) is 0 Å². The number of halogens is 3. The molecule has 0 aliphatic heterocycles. The number of hydrogen-bond acceptors (Lipinski definition) is 3. The van der Waals surface area contributed by atoms with Crippen molar-refractivity contribution < 1.29 is 22.8 Å². The molecule has 0 aliphatic rings. The number of amides is 2. The maximum absolute atomic E-state index is 12.7. The van der Waals surface area contributed by atoms with Crippen LogP contribution in [-0.4, -0.2) is 16.8 Å². The number of para-hydroxylation sites is 1. The Bertz CT molecular complexity index is 987. The summed E-state index contributed by atoms with van der Waals surface area (Å²) in [6.45, 7) is 0. The van der Waals surface area contributed by atoms with E-state index in [0.717, 1.165) is 17.5 Å². The van der Waals surface area contributed by atoms with Crippen LogP contribution < -0.4 is 10.9 Å².